The highest BCUT2D eigenvalue weighted by molar-refractivity contribution is 9.10. The lowest BCUT2D eigenvalue weighted by atomic mass is 10.2. The first kappa shape index (κ1) is 13.6. The summed E-state index contributed by atoms with van der Waals surface area (Å²) in [5.74, 6) is 0. The van der Waals surface area contributed by atoms with Crippen LogP contribution in [0.1, 0.15) is 23.7 Å². The predicted molar refractivity (Wildman–Crippen MR) is 75.8 cm³/mol. The molecule has 0 spiro atoms. The number of benzene rings is 1. The molecule has 5 heteroatoms. The van der Waals surface area contributed by atoms with Gasteiger partial charge in [0.15, 0.2) is 0 Å². The van der Waals surface area contributed by atoms with Crippen molar-refractivity contribution < 1.29 is 5.11 Å². The van der Waals surface area contributed by atoms with Crippen molar-refractivity contribution in [2.24, 2.45) is 0 Å². The molecule has 0 saturated carbocycles. The van der Waals surface area contributed by atoms with E-state index in [4.69, 9.17) is 11.6 Å². The monoisotopic (exact) mass is 328 g/mol. The minimum absolute atomic E-state index is 0.0690. The summed E-state index contributed by atoms with van der Waals surface area (Å²) in [7, 11) is 0. The van der Waals surface area contributed by atoms with Crippen LogP contribution in [0.3, 0.4) is 0 Å². The molecular weight excluding hydrogens is 316 g/mol. The van der Waals surface area contributed by atoms with Crippen LogP contribution in [0.25, 0.3) is 0 Å². The minimum atomic E-state index is -0.0690. The van der Waals surface area contributed by atoms with Gasteiger partial charge in [-0.05, 0) is 24.1 Å². The molecule has 1 heterocycles. The second-order valence-electron chi connectivity index (χ2n) is 4.02. The molecular formula is C13H14BrClN2O. The number of aromatic nitrogens is 2. The SMILES string of the molecule is CCc1nn(Cc2cccc(Br)c2)c(Cl)c1CO. The van der Waals surface area contributed by atoms with Gasteiger partial charge in [-0.15, -0.1) is 0 Å². The average molecular weight is 330 g/mol. The fourth-order valence-corrected chi connectivity index (χ4v) is 2.59. The Balaban J connectivity index is 2.32. The lowest BCUT2D eigenvalue weighted by Crippen LogP contribution is -2.02. The van der Waals surface area contributed by atoms with E-state index >= 15 is 0 Å². The molecule has 2 rings (SSSR count). The van der Waals surface area contributed by atoms with E-state index in [1.165, 1.54) is 0 Å². The van der Waals surface area contributed by atoms with Gasteiger partial charge in [-0.25, -0.2) is 4.68 Å². The summed E-state index contributed by atoms with van der Waals surface area (Å²) < 4.78 is 2.76. The van der Waals surface area contributed by atoms with Crippen LogP contribution in [-0.4, -0.2) is 14.9 Å². The maximum Gasteiger partial charge on any atom is 0.133 e. The Hall–Kier alpha value is -0.840. The van der Waals surface area contributed by atoms with E-state index in [2.05, 4.69) is 21.0 Å². The number of aliphatic hydroxyl groups is 1. The molecule has 0 aliphatic carbocycles. The first-order valence-corrected chi connectivity index (χ1v) is 6.92. The average Bonchev–Trinajstić information content (AvgIpc) is 2.66. The third-order valence-corrected chi connectivity index (χ3v) is 3.70. The summed E-state index contributed by atoms with van der Waals surface area (Å²) >= 11 is 9.67. The smallest absolute Gasteiger partial charge is 0.133 e. The number of aryl methyl sites for hydroxylation is 1. The van der Waals surface area contributed by atoms with Gasteiger partial charge in [0, 0.05) is 10.0 Å². The molecule has 3 nitrogen and oxygen atoms in total. The third-order valence-electron chi connectivity index (χ3n) is 2.78. The molecule has 1 aromatic heterocycles. The Morgan fingerprint density at radius 3 is 2.78 bits per heavy atom. The van der Waals surface area contributed by atoms with Crippen molar-refractivity contribution in [2.75, 3.05) is 0 Å². The summed E-state index contributed by atoms with van der Waals surface area (Å²) in [6.07, 6.45) is 0.765. The Bertz CT molecular complexity index is 554. The highest BCUT2D eigenvalue weighted by Crippen LogP contribution is 2.22. The van der Waals surface area contributed by atoms with Gasteiger partial charge in [0.1, 0.15) is 5.15 Å². The van der Waals surface area contributed by atoms with E-state index in [0.717, 1.165) is 27.7 Å². The van der Waals surface area contributed by atoms with Crippen molar-refractivity contribution in [3.8, 4) is 0 Å². The zero-order valence-electron chi connectivity index (χ0n) is 10.0. The molecule has 0 radical (unpaired) electrons. The second kappa shape index (κ2) is 5.87. The minimum Gasteiger partial charge on any atom is -0.391 e. The summed E-state index contributed by atoms with van der Waals surface area (Å²) in [6.45, 7) is 2.53. The van der Waals surface area contributed by atoms with Gasteiger partial charge in [0.25, 0.3) is 0 Å². The van der Waals surface area contributed by atoms with E-state index in [9.17, 15) is 5.11 Å². The molecule has 0 saturated heterocycles. The first-order chi connectivity index (χ1) is 8.65. The van der Waals surface area contributed by atoms with Crippen LogP contribution in [0.4, 0.5) is 0 Å². The van der Waals surface area contributed by atoms with Gasteiger partial charge >= 0.3 is 0 Å². The van der Waals surface area contributed by atoms with E-state index in [1.807, 2.05) is 31.2 Å². The summed E-state index contributed by atoms with van der Waals surface area (Å²) in [5.41, 5.74) is 2.70. The molecule has 0 aliphatic rings. The molecule has 0 aliphatic heterocycles. The number of aliphatic hydroxyl groups excluding tert-OH is 1. The molecule has 1 aromatic carbocycles. The zero-order valence-corrected chi connectivity index (χ0v) is 12.4. The number of hydrogen-bond donors (Lipinski definition) is 1. The topological polar surface area (TPSA) is 38.0 Å². The van der Waals surface area contributed by atoms with Crippen LogP contribution in [0.5, 0.6) is 0 Å². The summed E-state index contributed by atoms with van der Waals surface area (Å²) in [5, 5.41) is 14.3. The Labute approximate surface area is 120 Å². The van der Waals surface area contributed by atoms with E-state index in [-0.39, 0.29) is 6.61 Å². The predicted octanol–water partition coefficient (Wildman–Crippen LogP) is 3.40. The van der Waals surface area contributed by atoms with Crippen LogP contribution in [0.15, 0.2) is 28.7 Å². The standard InChI is InChI=1S/C13H14BrClN2O/c1-2-12-11(8-18)13(15)17(16-12)7-9-4-3-5-10(14)6-9/h3-6,18H,2,7-8H2,1H3. The van der Waals surface area contributed by atoms with Crippen LogP contribution < -0.4 is 0 Å². The van der Waals surface area contributed by atoms with Gasteiger partial charge in [-0.1, -0.05) is 46.6 Å². The largest absolute Gasteiger partial charge is 0.391 e. The fourth-order valence-electron chi connectivity index (χ4n) is 1.88. The number of rotatable bonds is 4. The highest BCUT2D eigenvalue weighted by atomic mass is 79.9. The molecule has 0 atom stereocenters. The van der Waals surface area contributed by atoms with Crippen molar-refractivity contribution in [2.45, 2.75) is 26.5 Å². The number of hydrogen-bond acceptors (Lipinski definition) is 2. The van der Waals surface area contributed by atoms with E-state index in [0.29, 0.717) is 11.7 Å². The van der Waals surface area contributed by atoms with Crippen LogP contribution in [0, 0.1) is 0 Å². The molecule has 96 valence electrons. The van der Waals surface area contributed by atoms with Gasteiger partial charge in [0.2, 0.25) is 0 Å². The summed E-state index contributed by atoms with van der Waals surface area (Å²) in [4.78, 5) is 0. The van der Waals surface area contributed by atoms with Crippen molar-refractivity contribution >= 4 is 27.5 Å². The molecule has 0 fully saturated rings. The van der Waals surface area contributed by atoms with Gasteiger partial charge in [-0.3, -0.25) is 0 Å². The summed E-state index contributed by atoms with van der Waals surface area (Å²) in [6, 6.07) is 8.00. The lowest BCUT2D eigenvalue weighted by molar-refractivity contribution is 0.280. The third kappa shape index (κ3) is 2.76. The number of halogens is 2. The second-order valence-corrected chi connectivity index (χ2v) is 5.29. The molecule has 0 unspecified atom stereocenters. The maximum atomic E-state index is 9.31. The van der Waals surface area contributed by atoms with Crippen molar-refractivity contribution in [1.29, 1.82) is 0 Å². The molecule has 18 heavy (non-hydrogen) atoms. The zero-order chi connectivity index (χ0) is 13.1. The van der Waals surface area contributed by atoms with E-state index in [1.54, 1.807) is 4.68 Å². The lowest BCUT2D eigenvalue weighted by Gasteiger charge is -2.04. The van der Waals surface area contributed by atoms with Crippen molar-refractivity contribution in [1.82, 2.24) is 9.78 Å². The Morgan fingerprint density at radius 1 is 1.44 bits per heavy atom. The van der Waals surface area contributed by atoms with Gasteiger partial charge < -0.3 is 5.11 Å². The van der Waals surface area contributed by atoms with Crippen molar-refractivity contribution in [3.05, 3.63) is 50.7 Å². The van der Waals surface area contributed by atoms with Crippen LogP contribution in [-0.2, 0) is 19.6 Å². The van der Waals surface area contributed by atoms with E-state index < -0.39 is 0 Å². The maximum absolute atomic E-state index is 9.31. The molecule has 1 N–H and O–H groups in total. The van der Waals surface area contributed by atoms with Gasteiger partial charge in [0.05, 0.1) is 18.8 Å². The Morgan fingerprint density at radius 2 is 2.22 bits per heavy atom. The molecule has 2 aromatic rings. The highest BCUT2D eigenvalue weighted by Gasteiger charge is 2.14. The quantitative estimate of drug-likeness (QED) is 0.933. The van der Waals surface area contributed by atoms with Gasteiger partial charge in [-0.2, -0.15) is 5.10 Å². The molecule has 0 bridgehead atoms. The van der Waals surface area contributed by atoms with Crippen LogP contribution >= 0.6 is 27.5 Å². The number of nitrogens with zero attached hydrogens (tertiary/aromatic N) is 2. The normalized spacial score (nSPS) is 10.9. The van der Waals surface area contributed by atoms with Crippen molar-refractivity contribution in [3.63, 3.8) is 0 Å². The fraction of sp³-hybridized carbons (Fsp3) is 0.308. The molecule has 0 amide bonds. The first-order valence-electron chi connectivity index (χ1n) is 5.75. The van der Waals surface area contributed by atoms with Crippen LogP contribution in [0.2, 0.25) is 5.15 Å². The Kier molecular flexibility index (Phi) is 4.43.